The molecule has 1 saturated carbocycles. The fraction of sp³-hybridized carbons (Fsp3) is 0.444. The predicted octanol–water partition coefficient (Wildman–Crippen LogP) is 4.46. The molecule has 1 aliphatic heterocycles. The van der Waals surface area contributed by atoms with E-state index in [1.165, 1.54) is 18.9 Å². The average molecular weight is 347 g/mol. The largest absolute Gasteiger partial charge is 0.586 e. The Kier molecular flexibility index (Phi) is 3.94. The van der Waals surface area contributed by atoms with Gasteiger partial charge in [-0.2, -0.15) is 0 Å². The van der Waals surface area contributed by atoms with Crippen molar-refractivity contribution in [3.05, 3.63) is 30.5 Å². The first-order valence-corrected chi connectivity index (χ1v) is 8.49. The molecule has 132 valence electrons. The van der Waals surface area contributed by atoms with Crippen molar-refractivity contribution in [2.45, 2.75) is 44.9 Å². The fourth-order valence-electron chi connectivity index (χ4n) is 3.34. The lowest BCUT2D eigenvalue weighted by atomic mass is 9.87. The number of fused-ring (bicyclic) bond motifs is 1. The van der Waals surface area contributed by atoms with Crippen LogP contribution in [0.4, 0.5) is 14.7 Å². The van der Waals surface area contributed by atoms with E-state index in [0.29, 0.717) is 23.2 Å². The first kappa shape index (κ1) is 16.1. The molecule has 5 nitrogen and oxygen atoms in total. The van der Waals surface area contributed by atoms with Crippen molar-refractivity contribution >= 4 is 5.95 Å². The third-order valence-corrected chi connectivity index (χ3v) is 4.71. The summed E-state index contributed by atoms with van der Waals surface area (Å²) in [6.07, 6.45) is 2.50. The van der Waals surface area contributed by atoms with Gasteiger partial charge in [0.2, 0.25) is 5.95 Å². The maximum Gasteiger partial charge on any atom is 0.586 e. The van der Waals surface area contributed by atoms with Gasteiger partial charge in [-0.15, -0.1) is 8.78 Å². The second kappa shape index (κ2) is 6.13. The molecule has 4 rings (SSSR count). The number of nitrogens with one attached hydrogen (secondary N) is 1. The number of ether oxygens (including phenoxy) is 2. The molecule has 1 N–H and O–H groups in total. The number of aromatic nitrogens is 2. The summed E-state index contributed by atoms with van der Waals surface area (Å²) in [6, 6.07) is 6.78. The van der Waals surface area contributed by atoms with Gasteiger partial charge in [-0.3, -0.25) is 0 Å². The minimum Gasteiger partial charge on any atom is -0.395 e. The van der Waals surface area contributed by atoms with Crippen molar-refractivity contribution in [3.63, 3.8) is 0 Å². The molecule has 1 aromatic heterocycles. The summed E-state index contributed by atoms with van der Waals surface area (Å²) in [7, 11) is 0. The van der Waals surface area contributed by atoms with Gasteiger partial charge >= 0.3 is 6.29 Å². The Bertz CT molecular complexity index is 777. The third kappa shape index (κ3) is 3.36. The number of anilines is 1. The van der Waals surface area contributed by atoms with E-state index < -0.39 is 6.29 Å². The van der Waals surface area contributed by atoms with E-state index in [-0.39, 0.29) is 11.5 Å². The second-order valence-electron chi connectivity index (χ2n) is 6.67. The van der Waals surface area contributed by atoms with E-state index in [2.05, 4.69) is 31.7 Å². The van der Waals surface area contributed by atoms with E-state index in [4.69, 9.17) is 0 Å². The average Bonchev–Trinajstić information content (AvgIpc) is 2.91. The third-order valence-electron chi connectivity index (χ3n) is 4.71. The molecule has 7 heteroatoms. The number of alkyl halides is 2. The van der Waals surface area contributed by atoms with Gasteiger partial charge in [-0.25, -0.2) is 9.97 Å². The lowest BCUT2D eigenvalue weighted by Gasteiger charge is -2.26. The molecule has 2 heterocycles. The summed E-state index contributed by atoms with van der Waals surface area (Å²) in [5.74, 6) is 1.27. The zero-order valence-corrected chi connectivity index (χ0v) is 13.8. The summed E-state index contributed by atoms with van der Waals surface area (Å²) in [6.45, 7) is 2.27. The Labute approximate surface area is 144 Å². The summed E-state index contributed by atoms with van der Waals surface area (Å²) in [4.78, 5) is 8.74. The highest BCUT2D eigenvalue weighted by Crippen LogP contribution is 2.46. The Morgan fingerprint density at radius 3 is 2.72 bits per heavy atom. The number of rotatable bonds is 3. The molecule has 0 unspecified atom stereocenters. The normalized spacial score (nSPS) is 24.1. The van der Waals surface area contributed by atoms with Crippen LogP contribution in [0.2, 0.25) is 0 Å². The van der Waals surface area contributed by atoms with Gasteiger partial charge in [-0.05, 0) is 49.8 Å². The highest BCUT2D eigenvalue weighted by molar-refractivity contribution is 5.72. The maximum absolute atomic E-state index is 13.4. The SMILES string of the molecule is CC1CCC(Nc2nccc(-c3cccc4c3OC(F)(F)O4)n2)CC1. The summed E-state index contributed by atoms with van der Waals surface area (Å²) < 4.78 is 35.9. The van der Waals surface area contributed by atoms with E-state index in [1.807, 2.05) is 0 Å². The van der Waals surface area contributed by atoms with Gasteiger partial charge in [0.05, 0.1) is 5.69 Å². The van der Waals surface area contributed by atoms with Crippen LogP contribution in [-0.4, -0.2) is 22.3 Å². The topological polar surface area (TPSA) is 56.3 Å². The van der Waals surface area contributed by atoms with Crippen molar-refractivity contribution in [1.29, 1.82) is 0 Å². The van der Waals surface area contributed by atoms with Crippen molar-refractivity contribution < 1.29 is 18.3 Å². The number of hydrogen-bond acceptors (Lipinski definition) is 5. The summed E-state index contributed by atoms with van der Waals surface area (Å²) >= 11 is 0. The van der Waals surface area contributed by atoms with E-state index in [9.17, 15) is 8.78 Å². The molecule has 1 fully saturated rings. The minimum absolute atomic E-state index is 0.00337. The number of nitrogens with zero attached hydrogens (tertiary/aromatic N) is 2. The number of hydrogen-bond donors (Lipinski definition) is 1. The molecule has 0 spiro atoms. The van der Waals surface area contributed by atoms with E-state index >= 15 is 0 Å². The highest BCUT2D eigenvalue weighted by atomic mass is 19.3. The molecule has 0 amide bonds. The van der Waals surface area contributed by atoms with Crippen LogP contribution in [-0.2, 0) is 0 Å². The van der Waals surface area contributed by atoms with Crippen molar-refractivity contribution in [2.24, 2.45) is 5.92 Å². The minimum atomic E-state index is -3.65. The summed E-state index contributed by atoms with van der Waals surface area (Å²) in [5, 5.41) is 3.35. The highest BCUT2D eigenvalue weighted by Gasteiger charge is 2.44. The molecule has 0 atom stereocenters. The van der Waals surface area contributed by atoms with E-state index in [1.54, 1.807) is 24.4 Å². The van der Waals surface area contributed by atoms with Crippen molar-refractivity contribution in [1.82, 2.24) is 9.97 Å². The fourth-order valence-corrected chi connectivity index (χ4v) is 3.34. The van der Waals surface area contributed by atoms with Crippen LogP contribution in [0, 0.1) is 5.92 Å². The van der Waals surface area contributed by atoms with Gasteiger partial charge in [-0.1, -0.05) is 13.0 Å². The molecule has 1 aliphatic carbocycles. The lowest BCUT2D eigenvalue weighted by Crippen LogP contribution is -2.26. The van der Waals surface area contributed by atoms with Gasteiger partial charge < -0.3 is 14.8 Å². The van der Waals surface area contributed by atoms with Crippen molar-refractivity contribution in [3.8, 4) is 22.8 Å². The first-order valence-electron chi connectivity index (χ1n) is 8.49. The molecule has 0 bridgehead atoms. The van der Waals surface area contributed by atoms with Crippen LogP contribution in [0.1, 0.15) is 32.6 Å². The second-order valence-corrected chi connectivity index (χ2v) is 6.67. The first-order chi connectivity index (χ1) is 12.0. The molecule has 25 heavy (non-hydrogen) atoms. The molecule has 2 aliphatic rings. The number of para-hydroxylation sites is 1. The van der Waals surface area contributed by atoms with Gasteiger partial charge in [0, 0.05) is 17.8 Å². The van der Waals surface area contributed by atoms with Crippen LogP contribution >= 0.6 is 0 Å². The quantitative estimate of drug-likeness (QED) is 0.889. The zero-order valence-electron chi connectivity index (χ0n) is 13.8. The molecule has 2 aromatic rings. The summed E-state index contributed by atoms with van der Waals surface area (Å²) in [5.41, 5.74) is 0.970. The zero-order chi connectivity index (χ0) is 17.4. The molecular weight excluding hydrogens is 328 g/mol. The lowest BCUT2D eigenvalue weighted by molar-refractivity contribution is -0.286. The standard InChI is InChI=1S/C18H19F2N3O2/c1-11-5-7-12(8-6-11)22-17-21-10-9-14(23-17)13-3-2-4-15-16(13)25-18(19,20)24-15/h2-4,9-12H,5-8H2,1H3,(H,21,22,23). The Hall–Kier alpha value is -2.44. The monoisotopic (exact) mass is 347 g/mol. The van der Waals surface area contributed by atoms with Crippen LogP contribution in [0.5, 0.6) is 11.5 Å². The van der Waals surface area contributed by atoms with Gasteiger partial charge in [0.15, 0.2) is 11.5 Å². The Balaban J connectivity index is 1.58. The smallest absolute Gasteiger partial charge is 0.395 e. The predicted molar refractivity (Wildman–Crippen MR) is 88.7 cm³/mol. The van der Waals surface area contributed by atoms with Crippen LogP contribution in [0.15, 0.2) is 30.5 Å². The molecular formula is C18H19F2N3O2. The van der Waals surface area contributed by atoms with Crippen LogP contribution < -0.4 is 14.8 Å². The van der Waals surface area contributed by atoms with Gasteiger partial charge in [0.1, 0.15) is 0 Å². The maximum atomic E-state index is 13.4. The molecule has 1 aromatic carbocycles. The Morgan fingerprint density at radius 2 is 1.92 bits per heavy atom. The van der Waals surface area contributed by atoms with E-state index in [0.717, 1.165) is 18.8 Å². The van der Waals surface area contributed by atoms with Crippen molar-refractivity contribution in [2.75, 3.05) is 5.32 Å². The number of benzene rings is 1. The van der Waals surface area contributed by atoms with Crippen LogP contribution in [0.25, 0.3) is 11.3 Å². The molecule has 0 saturated heterocycles. The molecule has 0 radical (unpaired) electrons. The number of halogens is 2. The van der Waals surface area contributed by atoms with Crippen LogP contribution in [0.3, 0.4) is 0 Å². The Morgan fingerprint density at radius 1 is 1.12 bits per heavy atom. The van der Waals surface area contributed by atoms with Gasteiger partial charge in [0.25, 0.3) is 0 Å².